The minimum absolute atomic E-state index is 0. The molecule has 0 unspecified atom stereocenters. The van der Waals surface area contributed by atoms with Gasteiger partial charge in [-0.05, 0) is 164 Å². The van der Waals surface area contributed by atoms with E-state index in [0.29, 0.717) is 0 Å². The Hall–Kier alpha value is -3.91. The van der Waals surface area contributed by atoms with Crippen molar-refractivity contribution in [3.8, 4) is 0 Å². The Morgan fingerprint density at radius 1 is 0.261 bits per heavy atom. The topological polar surface area (TPSA) is 4.93 Å². The van der Waals surface area contributed by atoms with E-state index < -0.39 is 0 Å². The molecule has 0 saturated heterocycles. The van der Waals surface area contributed by atoms with Crippen molar-refractivity contribution >= 4 is 21.5 Å². The molecule has 0 aliphatic rings. The zero-order valence-electron chi connectivity index (χ0n) is 94.7. The van der Waals surface area contributed by atoms with Crippen LogP contribution in [0.5, 0.6) is 0 Å². The molecule has 0 fully saturated rings. The number of nitrogens with zero attached hydrogens (tertiary/aromatic N) is 1. The summed E-state index contributed by atoms with van der Waals surface area (Å²) in [6, 6.07) is 57.9. The van der Waals surface area contributed by atoms with Crippen LogP contribution in [0.25, 0.3) is 21.5 Å². The van der Waals surface area contributed by atoms with Gasteiger partial charge in [-0.1, -0.05) is 528 Å². The molecular formula is C130H211NY3-6. The normalized spacial score (nSPS) is 12.7. The fourth-order valence-corrected chi connectivity index (χ4v) is 13.1. The van der Waals surface area contributed by atoms with Crippen LogP contribution in [0.2, 0.25) is 0 Å². The molecule has 0 spiro atoms. The number of fused-ring (bicyclic) bond motifs is 2. The predicted octanol–water partition coefficient (Wildman–Crippen LogP) is 41.2. The molecule has 0 bridgehead atoms. The summed E-state index contributed by atoms with van der Waals surface area (Å²) in [5, 5.41) is 5.43. The molecule has 1 nitrogen and oxygen atoms in total. The second kappa shape index (κ2) is 56.8. The van der Waals surface area contributed by atoms with Crippen molar-refractivity contribution in [3.05, 3.63) is 298 Å². The molecule has 0 aliphatic carbocycles. The molecule has 0 saturated carbocycles. The first-order valence-corrected chi connectivity index (χ1v) is 47.5. The van der Waals surface area contributed by atoms with E-state index in [0.717, 1.165) is 11.1 Å². The SMILES string of the molecule is C.C.C.C.CC(C)(C)[C-]=CC=[C-]C(C)(C)C.CC(C)(C)c1cc(C(C)(C)C)c2ccccc2c1.CC(C)(C)c1cc2ccccc2cc1C(C)(C)C.CC(C)(C)c1ccc(C(C)(C)C)cc1.CC(C)(C)c1cccc(C(C)(C)C)c1.CC(C)(C)c1ccccc1C(C)(C)C.CC(C)(C)c1cccn1C(C)(C)C.[CH-]=C(C=[C-]C(C)(C)C)C(C)(C)C.[CH-]=CC(=[C-]C(C)(C)C)C(C)(C)C.[Y].[Y].[Y]. The number of hydrogen-bond donors (Lipinski definition) is 0. The number of benzene rings is 7. The van der Waals surface area contributed by atoms with Crippen molar-refractivity contribution in [2.24, 2.45) is 32.5 Å². The molecule has 0 N–H and O–H groups in total. The summed E-state index contributed by atoms with van der Waals surface area (Å²) in [5.74, 6) is 0. The minimum Gasteiger partial charge on any atom is -0.394 e. The van der Waals surface area contributed by atoms with Crippen molar-refractivity contribution in [2.75, 3.05) is 0 Å². The monoisotopic (exact) mass is 2050 g/mol. The van der Waals surface area contributed by atoms with Gasteiger partial charge in [0.15, 0.2) is 0 Å². The van der Waals surface area contributed by atoms with Crippen LogP contribution in [0.1, 0.15) is 465 Å². The van der Waals surface area contributed by atoms with Gasteiger partial charge in [0, 0.05) is 121 Å². The maximum absolute atomic E-state index is 5.86. The van der Waals surface area contributed by atoms with Gasteiger partial charge in [-0.15, -0.1) is 32.5 Å². The van der Waals surface area contributed by atoms with Crippen LogP contribution in [0.4, 0.5) is 0 Å². The van der Waals surface area contributed by atoms with Crippen LogP contribution in [0.15, 0.2) is 199 Å². The third-order valence-corrected chi connectivity index (χ3v) is 21.2. The zero-order chi connectivity index (χ0) is 100. The van der Waals surface area contributed by atoms with E-state index in [-0.39, 0.29) is 225 Å². The number of hydrogen-bond acceptors (Lipinski definition) is 0. The summed E-state index contributed by atoms with van der Waals surface area (Å²) in [7, 11) is 0. The van der Waals surface area contributed by atoms with Crippen molar-refractivity contribution in [1.82, 2.24) is 4.57 Å². The number of aromatic nitrogens is 1. The molecule has 134 heavy (non-hydrogen) atoms. The summed E-state index contributed by atoms with van der Waals surface area (Å²) in [4.78, 5) is 0. The van der Waals surface area contributed by atoms with Gasteiger partial charge in [0.25, 0.3) is 0 Å². The molecule has 0 aliphatic heterocycles. The number of allylic oxidation sites excluding steroid dienone is 10. The summed E-state index contributed by atoms with van der Waals surface area (Å²) in [5.41, 5.74) is 21.1. The molecule has 8 aromatic rings. The third-order valence-electron chi connectivity index (χ3n) is 21.2. The van der Waals surface area contributed by atoms with E-state index in [2.05, 4.69) is 567 Å². The summed E-state index contributed by atoms with van der Waals surface area (Å²) >= 11 is 0. The molecule has 7 aromatic carbocycles. The predicted molar refractivity (Wildman–Crippen MR) is 603 cm³/mol. The molecule has 8 rings (SSSR count). The van der Waals surface area contributed by atoms with Gasteiger partial charge in [0.05, 0.1) is 0 Å². The Balaban J connectivity index is -0.000000222. The smallest absolute Gasteiger partial charge is 0.0358 e. The summed E-state index contributed by atoms with van der Waals surface area (Å²) in [6.07, 6.45) is 22.8. The maximum Gasteiger partial charge on any atom is 0.0358 e. The van der Waals surface area contributed by atoms with Crippen molar-refractivity contribution < 1.29 is 98.1 Å². The Morgan fingerprint density at radius 2 is 0.567 bits per heavy atom. The molecule has 751 valence electrons. The Bertz CT molecular complexity index is 4570. The van der Waals surface area contributed by atoms with Crippen molar-refractivity contribution in [1.29, 1.82) is 0 Å². The molecule has 1 aromatic heterocycles. The molecular weight excluding hydrogens is 1840 g/mol. The van der Waals surface area contributed by atoms with Gasteiger partial charge < -0.3 is 77.5 Å². The van der Waals surface area contributed by atoms with Crippen LogP contribution in [-0.4, -0.2) is 4.57 Å². The first-order valence-electron chi connectivity index (χ1n) is 47.5. The van der Waals surface area contributed by atoms with E-state index in [1.165, 1.54) is 82.9 Å². The Morgan fingerprint density at radius 3 is 0.813 bits per heavy atom. The van der Waals surface area contributed by atoms with E-state index in [1.807, 2.05) is 18.2 Å². The molecule has 4 heteroatoms. The van der Waals surface area contributed by atoms with Gasteiger partial charge in [-0.25, -0.2) is 0 Å². The van der Waals surface area contributed by atoms with Crippen LogP contribution < -0.4 is 0 Å². The second-order valence-electron chi connectivity index (χ2n) is 53.9. The van der Waals surface area contributed by atoms with Gasteiger partial charge in [-0.3, -0.25) is 0 Å². The molecule has 3 radical (unpaired) electrons. The zero-order valence-corrected chi connectivity index (χ0v) is 103. The first-order chi connectivity index (χ1) is 56.3. The van der Waals surface area contributed by atoms with Gasteiger partial charge in [0.1, 0.15) is 0 Å². The third kappa shape index (κ3) is 57.9. The average molecular weight is 2050 g/mol. The maximum atomic E-state index is 5.86. The van der Waals surface area contributed by atoms with E-state index in [9.17, 15) is 0 Å². The fraction of sp³-hybridized carbons (Fsp3) is 0.585. The standard InChI is InChI=1S/2C18H24.3C14H22.C12H21N.3C12H20.4CH4.3Y/c1-17(2,3)14-11-13-9-7-8-10-15(13)16(12-14)18(4,5)6;1-17(2,3)15-11-13-9-7-8-10-14(13)12-16(15)18(4,5)6;1-13(2,3)11-7-9-12(10-8-11)14(4,5)6;1-13(2,3)11-8-7-9-12(10-11)14(4,5)6;1-13(2,3)11-9-7-8-10-12(11)14(4,5)6;1-11(2,3)10-8-7-9-13(10)12(4,5)6;1-10(12(5,6)7)8-9-11(2,3)4;1-11(2,3)9-7-8-10-12(4,5)6;1-8-10(12(5,6)7)9-11(2,3)4;;;;;;;/h2*7-12H,1-6H3;3*7-10H,1-6H3;7-9H,1-6H3;1,8H,2-7H3;7-8H,1-6H3;1,8H,2-7H3;4*1H4;;;/q;;;;;;3*-2;;;;;;;. The van der Waals surface area contributed by atoms with Crippen LogP contribution in [0, 0.1) is 70.0 Å². The van der Waals surface area contributed by atoms with Gasteiger partial charge in [0.2, 0.25) is 0 Å². The average Bonchev–Trinajstić information content (AvgIpc) is 0.958. The molecule has 0 amide bonds. The van der Waals surface area contributed by atoms with Gasteiger partial charge in [-0.2, -0.15) is 0 Å². The number of rotatable bonds is 3. The first kappa shape index (κ1) is 145. The molecule has 1 heterocycles. The van der Waals surface area contributed by atoms with Crippen molar-refractivity contribution in [3.63, 3.8) is 0 Å². The van der Waals surface area contributed by atoms with E-state index >= 15 is 0 Å². The Labute approximate surface area is 914 Å². The molecule has 0 atom stereocenters. The van der Waals surface area contributed by atoms with Crippen LogP contribution in [-0.2, 0) is 163 Å². The van der Waals surface area contributed by atoms with E-state index in [1.54, 1.807) is 6.08 Å². The largest absolute Gasteiger partial charge is 0.394 e. The van der Waals surface area contributed by atoms with Crippen molar-refractivity contribution in [2.45, 2.75) is 469 Å². The fourth-order valence-electron chi connectivity index (χ4n) is 13.1. The quantitative estimate of drug-likeness (QED) is 0.123. The van der Waals surface area contributed by atoms with Gasteiger partial charge >= 0.3 is 0 Å². The van der Waals surface area contributed by atoms with E-state index in [4.69, 9.17) is 13.2 Å². The minimum atomic E-state index is 0. The van der Waals surface area contributed by atoms with Crippen LogP contribution >= 0.6 is 0 Å². The summed E-state index contributed by atoms with van der Waals surface area (Å²) < 4.78 is 2.35. The second-order valence-corrected chi connectivity index (χ2v) is 53.9. The van der Waals surface area contributed by atoms with Crippen LogP contribution in [0.3, 0.4) is 0 Å². The summed E-state index contributed by atoms with van der Waals surface area (Å²) in [6.45, 7) is 131. The Kier molecular flexibility index (Phi) is 61.7.